The highest BCUT2D eigenvalue weighted by Crippen LogP contribution is 2.37. The number of nitrogens with zero attached hydrogens (tertiary/aromatic N) is 3. The van der Waals surface area contributed by atoms with Crippen molar-refractivity contribution in [2.24, 2.45) is 0 Å². The van der Waals surface area contributed by atoms with Crippen LogP contribution in [0.3, 0.4) is 0 Å². The highest BCUT2D eigenvalue weighted by molar-refractivity contribution is 7.98. The van der Waals surface area contributed by atoms with Crippen LogP contribution in [0.25, 0.3) is 0 Å². The number of rotatable bonds is 5. The second-order valence-corrected chi connectivity index (χ2v) is 8.01. The molecule has 0 N–H and O–H groups in total. The highest BCUT2D eigenvalue weighted by atomic mass is 32.2. The van der Waals surface area contributed by atoms with E-state index in [9.17, 15) is 14.4 Å². The molecule has 1 amide bonds. The molecule has 9 heteroatoms. The molecule has 1 aromatic heterocycles. The van der Waals surface area contributed by atoms with Gasteiger partial charge in [0.2, 0.25) is 0 Å². The summed E-state index contributed by atoms with van der Waals surface area (Å²) in [5, 5.41) is 0.440. The maximum atomic E-state index is 12.9. The van der Waals surface area contributed by atoms with Gasteiger partial charge in [0.25, 0.3) is 0 Å². The number of aromatic nitrogens is 2. The van der Waals surface area contributed by atoms with Gasteiger partial charge in [-0.15, -0.1) is 0 Å². The van der Waals surface area contributed by atoms with E-state index < -0.39 is 23.1 Å². The second kappa shape index (κ2) is 8.24. The molecule has 0 aliphatic carbocycles. The molecule has 0 saturated carbocycles. The smallest absolute Gasteiger partial charge is 0.410 e. The minimum atomic E-state index is -1.23. The number of carbonyl (C=O) groups excluding carboxylic acids is 3. The predicted molar refractivity (Wildman–Crippen MR) is 99.9 cm³/mol. The quantitative estimate of drug-likeness (QED) is 0.324. The first-order valence-electron chi connectivity index (χ1n) is 8.68. The summed E-state index contributed by atoms with van der Waals surface area (Å²) in [6.45, 7) is 7.55. The molecule has 1 fully saturated rings. The van der Waals surface area contributed by atoms with E-state index in [2.05, 4.69) is 9.97 Å². The lowest BCUT2D eigenvalue weighted by molar-refractivity contribution is -0.149. The Labute approximate surface area is 163 Å². The average molecular weight is 395 g/mol. The summed E-state index contributed by atoms with van der Waals surface area (Å²) < 4.78 is 10.7. The maximum absolute atomic E-state index is 12.9. The molecule has 1 aliphatic heterocycles. The van der Waals surface area contributed by atoms with E-state index in [-0.39, 0.29) is 25.1 Å². The Morgan fingerprint density at radius 2 is 2.11 bits per heavy atom. The van der Waals surface area contributed by atoms with Gasteiger partial charge in [-0.25, -0.2) is 14.8 Å². The number of hydrogen-bond acceptors (Lipinski definition) is 8. The summed E-state index contributed by atoms with van der Waals surface area (Å²) >= 11 is 1.30. The maximum Gasteiger partial charge on any atom is 0.410 e. The van der Waals surface area contributed by atoms with Crippen molar-refractivity contribution in [1.29, 1.82) is 0 Å². The molecular formula is C18H25N3O5S. The van der Waals surface area contributed by atoms with Gasteiger partial charge in [0.1, 0.15) is 11.0 Å². The molecule has 0 aromatic carbocycles. The van der Waals surface area contributed by atoms with Gasteiger partial charge in [-0.2, -0.15) is 0 Å². The lowest BCUT2D eigenvalue weighted by atomic mass is 9.81. The van der Waals surface area contributed by atoms with E-state index in [1.807, 2.05) is 0 Å². The molecule has 0 radical (unpaired) electrons. The van der Waals surface area contributed by atoms with Gasteiger partial charge < -0.3 is 14.4 Å². The molecule has 0 spiro atoms. The summed E-state index contributed by atoms with van der Waals surface area (Å²) in [6, 6.07) is 0. The van der Waals surface area contributed by atoms with Crippen LogP contribution < -0.4 is 0 Å². The first kappa shape index (κ1) is 21.1. The van der Waals surface area contributed by atoms with Gasteiger partial charge in [0, 0.05) is 19.3 Å². The molecule has 0 bridgehead atoms. The molecule has 2 heterocycles. The fraction of sp³-hybridized carbons (Fsp3) is 0.611. The molecule has 2 rings (SSSR count). The van der Waals surface area contributed by atoms with E-state index in [1.165, 1.54) is 22.9 Å². The molecule has 1 unspecified atom stereocenters. The Hall–Kier alpha value is -2.16. The second-order valence-electron chi connectivity index (χ2n) is 7.23. The van der Waals surface area contributed by atoms with Gasteiger partial charge in [0.15, 0.2) is 11.4 Å². The van der Waals surface area contributed by atoms with Crippen molar-refractivity contribution in [3.63, 3.8) is 0 Å². The van der Waals surface area contributed by atoms with Crippen molar-refractivity contribution in [3.05, 3.63) is 17.5 Å². The van der Waals surface area contributed by atoms with Crippen LogP contribution in [-0.4, -0.2) is 64.8 Å². The Morgan fingerprint density at radius 3 is 2.67 bits per heavy atom. The largest absolute Gasteiger partial charge is 0.465 e. The Morgan fingerprint density at radius 1 is 1.41 bits per heavy atom. The van der Waals surface area contributed by atoms with Crippen molar-refractivity contribution in [3.8, 4) is 0 Å². The molecule has 1 aromatic rings. The first-order valence-corrected chi connectivity index (χ1v) is 9.91. The van der Waals surface area contributed by atoms with Crippen LogP contribution in [0.1, 0.15) is 50.2 Å². The Bertz CT molecular complexity index is 734. The fourth-order valence-electron chi connectivity index (χ4n) is 2.96. The van der Waals surface area contributed by atoms with Crippen molar-refractivity contribution >= 4 is 30.1 Å². The lowest BCUT2D eigenvalue weighted by Gasteiger charge is -2.28. The van der Waals surface area contributed by atoms with Crippen LogP contribution >= 0.6 is 11.8 Å². The minimum absolute atomic E-state index is 0.0341. The number of hydrogen-bond donors (Lipinski definition) is 0. The van der Waals surface area contributed by atoms with E-state index in [0.717, 1.165) is 0 Å². The number of aldehydes is 1. The zero-order chi connectivity index (χ0) is 20.2. The molecular weight excluding hydrogens is 370 g/mol. The fourth-order valence-corrected chi connectivity index (χ4v) is 3.30. The van der Waals surface area contributed by atoms with Crippen molar-refractivity contribution in [2.45, 2.75) is 50.3 Å². The van der Waals surface area contributed by atoms with E-state index in [4.69, 9.17) is 9.47 Å². The van der Waals surface area contributed by atoms with Gasteiger partial charge >= 0.3 is 12.1 Å². The first-order chi connectivity index (χ1) is 12.7. The standard InChI is InChI=1S/C18H25N3O5S/c1-6-25-14(23)18(13-12(10-22)9-19-15(20-13)27-5)7-8-21(11-18)16(24)26-17(2,3)4/h9-10H,6-8,11H2,1-5H3. The number of thioether (sulfide) groups is 1. The summed E-state index contributed by atoms with van der Waals surface area (Å²) in [7, 11) is 0. The molecule has 148 valence electrons. The van der Waals surface area contributed by atoms with E-state index >= 15 is 0 Å². The third-order valence-corrected chi connectivity index (χ3v) is 4.71. The highest BCUT2D eigenvalue weighted by Gasteiger charge is 2.52. The van der Waals surface area contributed by atoms with Gasteiger partial charge in [-0.3, -0.25) is 9.59 Å². The summed E-state index contributed by atoms with van der Waals surface area (Å²) in [5.41, 5.74) is -1.37. The molecule has 1 saturated heterocycles. The third kappa shape index (κ3) is 4.58. The summed E-state index contributed by atoms with van der Waals surface area (Å²) in [4.78, 5) is 46.9. The number of amides is 1. The Kier molecular flexibility index (Phi) is 6.46. The van der Waals surface area contributed by atoms with Crippen LogP contribution in [0.2, 0.25) is 0 Å². The van der Waals surface area contributed by atoms with Crippen molar-refractivity contribution in [1.82, 2.24) is 14.9 Å². The zero-order valence-electron chi connectivity index (χ0n) is 16.3. The SMILES string of the molecule is CCOC(=O)C1(c2nc(SC)ncc2C=O)CCN(C(=O)OC(C)(C)C)C1. The van der Waals surface area contributed by atoms with Gasteiger partial charge in [0.05, 0.1) is 17.9 Å². The normalized spacial score (nSPS) is 19.7. The van der Waals surface area contributed by atoms with Crippen LogP contribution in [-0.2, 0) is 19.7 Å². The molecule has 1 atom stereocenters. The zero-order valence-corrected chi connectivity index (χ0v) is 17.1. The topological polar surface area (TPSA) is 98.7 Å². The monoisotopic (exact) mass is 395 g/mol. The summed E-state index contributed by atoms with van der Waals surface area (Å²) in [6.07, 6.45) is 3.60. The number of likely N-dealkylation sites (tertiary alicyclic amines) is 1. The van der Waals surface area contributed by atoms with Crippen molar-refractivity contribution < 1.29 is 23.9 Å². The van der Waals surface area contributed by atoms with E-state index in [1.54, 1.807) is 34.0 Å². The minimum Gasteiger partial charge on any atom is -0.465 e. The number of ether oxygens (including phenoxy) is 2. The van der Waals surface area contributed by atoms with Gasteiger partial charge in [-0.1, -0.05) is 11.8 Å². The van der Waals surface area contributed by atoms with Crippen molar-refractivity contribution in [2.75, 3.05) is 26.0 Å². The molecule has 1 aliphatic rings. The average Bonchev–Trinajstić information content (AvgIpc) is 3.06. The van der Waals surface area contributed by atoms with Gasteiger partial charge in [-0.05, 0) is 40.4 Å². The lowest BCUT2D eigenvalue weighted by Crippen LogP contribution is -2.44. The molecule has 27 heavy (non-hydrogen) atoms. The van der Waals surface area contributed by atoms with Crippen LogP contribution in [0, 0.1) is 0 Å². The number of esters is 1. The molecule has 8 nitrogen and oxygen atoms in total. The summed E-state index contributed by atoms with van der Waals surface area (Å²) in [5.74, 6) is -0.509. The van der Waals surface area contributed by atoms with Crippen LogP contribution in [0.5, 0.6) is 0 Å². The van der Waals surface area contributed by atoms with Crippen LogP contribution in [0.15, 0.2) is 11.4 Å². The van der Waals surface area contributed by atoms with E-state index in [0.29, 0.717) is 23.7 Å². The Balaban J connectivity index is 2.46. The predicted octanol–water partition coefficient (Wildman–Crippen LogP) is 2.45. The number of carbonyl (C=O) groups is 3. The third-order valence-electron chi connectivity index (χ3n) is 4.14. The van der Waals surface area contributed by atoms with Crippen LogP contribution in [0.4, 0.5) is 4.79 Å².